The molecule has 0 saturated carbocycles. The molecule has 0 aromatic heterocycles. The van der Waals surface area contributed by atoms with E-state index in [1.165, 1.54) is 12.1 Å². The summed E-state index contributed by atoms with van der Waals surface area (Å²) in [7, 11) is 0. The predicted octanol–water partition coefficient (Wildman–Crippen LogP) is 2.47. The van der Waals surface area contributed by atoms with E-state index in [9.17, 15) is 9.18 Å². The summed E-state index contributed by atoms with van der Waals surface area (Å²) in [6, 6.07) is 5.89. The number of piperidine rings is 1. The minimum absolute atomic E-state index is 0.0962. The van der Waals surface area contributed by atoms with Crippen LogP contribution < -0.4 is 0 Å². The van der Waals surface area contributed by atoms with Gasteiger partial charge in [0.1, 0.15) is 5.82 Å². The maximum absolute atomic E-state index is 13.2. The van der Waals surface area contributed by atoms with Crippen molar-refractivity contribution in [3.63, 3.8) is 0 Å². The number of likely N-dealkylation sites (tertiary alicyclic amines) is 1. The van der Waals surface area contributed by atoms with E-state index in [1.807, 2.05) is 0 Å². The monoisotopic (exact) mass is 263 g/mol. The highest BCUT2D eigenvalue weighted by atomic mass is 19.1. The zero-order chi connectivity index (χ0) is 13.4. The molecule has 0 unspecified atom stereocenters. The maximum atomic E-state index is 13.2. The van der Waals surface area contributed by atoms with Gasteiger partial charge in [-0.15, -0.1) is 0 Å². The number of rotatable bonds is 1. The molecule has 102 valence electrons. The first kappa shape index (κ1) is 12.6. The molecule has 0 aliphatic carbocycles. The van der Waals surface area contributed by atoms with Gasteiger partial charge >= 0.3 is 0 Å². The first-order chi connectivity index (χ1) is 9.13. The Bertz CT molecular complexity index is 491. The highest BCUT2D eigenvalue weighted by molar-refractivity contribution is 5.94. The molecule has 3 nitrogen and oxygen atoms in total. The summed E-state index contributed by atoms with van der Waals surface area (Å²) in [5.41, 5.74) is 0.421. The van der Waals surface area contributed by atoms with Crippen molar-refractivity contribution in [1.29, 1.82) is 0 Å². The molecule has 0 spiro atoms. The van der Waals surface area contributed by atoms with Crippen LogP contribution >= 0.6 is 0 Å². The molecule has 1 amide bonds. The van der Waals surface area contributed by atoms with Gasteiger partial charge in [0.25, 0.3) is 5.91 Å². The van der Waals surface area contributed by atoms with Gasteiger partial charge in [0.15, 0.2) is 0 Å². The molecule has 0 bridgehead atoms. The Kier molecular flexibility index (Phi) is 3.27. The third-order valence-electron chi connectivity index (χ3n) is 4.10. The van der Waals surface area contributed by atoms with E-state index in [0.717, 1.165) is 19.4 Å². The van der Waals surface area contributed by atoms with Crippen LogP contribution in [0.4, 0.5) is 4.39 Å². The molecule has 2 saturated heterocycles. The Morgan fingerprint density at radius 2 is 2.32 bits per heavy atom. The highest BCUT2D eigenvalue weighted by Gasteiger charge is 2.38. The van der Waals surface area contributed by atoms with Crippen LogP contribution in [-0.2, 0) is 4.74 Å². The topological polar surface area (TPSA) is 29.5 Å². The van der Waals surface area contributed by atoms with Gasteiger partial charge in [-0.05, 0) is 43.9 Å². The molecular formula is C15H18FNO2. The van der Waals surface area contributed by atoms with Crippen molar-refractivity contribution >= 4 is 5.91 Å². The lowest BCUT2D eigenvalue weighted by Crippen LogP contribution is -2.45. The summed E-state index contributed by atoms with van der Waals surface area (Å²) in [6.07, 6.45) is 2.52. The van der Waals surface area contributed by atoms with Gasteiger partial charge in [0.05, 0.1) is 12.2 Å². The molecule has 1 aromatic rings. The maximum Gasteiger partial charge on any atom is 0.254 e. The van der Waals surface area contributed by atoms with E-state index in [-0.39, 0.29) is 17.8 Å². The van der Waals surface area contributed by atoms with Crippen molar-refractivity contribution in [3.05, 3.63) is 35.6 Å². The Morgan fingerprint density at radius 1 is 1.47 bits per heavy atom. The average molecular weight is 263 g/mol. The Balaban J connectivity index is 1.71. The predicted molar refractivity (Wildman–Crippen MR) is 69.4 cm³/mol. The summed E-state index contributed by atoms with van der Waals surface area (Å²) in [4.78, 5) is 14.1. The Morgan fingerprint density at radius 3 is 3.11 bits per heavy atom. The lowest BCUT2D eigenvalue weighted by molar-refractivity contribution is 0.00155. The molecular weight excluding hydrogens is 245 g/mol. The number of carbonyl (C=O) groups excluding carboxylic acids is 1. The normalized spacial score (nSPS) is 30.2. The fourth-order valence-electron chi connectivity index (χ4n) is 3.16. The van der Waals surface area contributed by atoms with Crippen molar-refractivity contribution in [2.75, 3.05) is 13.1 Å². The first-order valence-corrected chi connectivity index (χ1v) is 6.84. The van der Waals surface area contributed by atoms with Gasteiger partial charge in [0.2, 0.25) is 0 Å². The van der Waals surface area contributed by atoms with Crippen LogP contribution in [0.5, 0.6) is 0 Å². The number of hydrogen-bond donors (Lipinski definition) is 0. The third-order valence-corrected chi connectivity index (χ3v) is 4.10. The fourth-order valence-corrected chi connectivity index (χ4v) is 3.16. The van der Waals surface area contributed by atoms with Crippen LogP contribution in [0.25, 0.3) is 0 Å². The molecule has 3 atom stereocenters. The van der Waals surface area contributed by atoms with Gasteiger partial charge in [-0.3, -0.25) is 4.79 Å². The molecule has 1 aromatic carbocycles. The molecule has 2 aliphatic heterocycles. The van der Waals surface area contributed by atoms with Crippen molar-refractivity contribution in [2.45, 2.75) is 32.0 Å². The smallest absolute Gasteiger partial charge is 0.254 e. The number of benzene rings is 1. The number of nitrogens with zero attached hydrogens (tertiary/aromatic N) is 1. The SMILES string of the molecule is C[C@@H]1C[C@H]2CCN(C(=O)c3cccc(F)c3)C[C@@H]2O1. The van der Waals surface area contributed by atoms with E-state index in [1.54, 1.807) is 17.0 Å². The molecule has 4 heteroatoms. The third kappa shape index (κ3) is 2.50. The fraction of sp³-hybridized carbons (Fsp3) is 0.533. The highest BCUT2D eigenvalue weighted by Crippen LogP contribution is 2.33. The summed E-state index contributed by atoms with van der Waals surface area (Å²) < 4.78 is 19.0. The summed E-state index contributed by atoms with van der Waals surface area (Å²) in [5, 5.41) is 0. The number of halogens is 1. The summed E-state index contributed by atoms with van der Waals surface area (Å²) >= 11 is 0. The lowest BCUT2D eigenvalue weighted by atomic mass is 9.92. The van der Waals surface area contributed by atoms with Crippen molar-refractivity contribution in [1.82, 2.24) is 4.90 Å². The van der Waals surface area contributed by atoms with Gasteiger partial charge in [-0.1, -0.05) is 6.07 Å². The largest absolute Gasteiger partial charge is 0.373 e. The molecule has 3 rings (SSSR count). The van der Waals surface area contributed by atoms with Crippen molar-refractivity contribution in [2.24, 2.45) is 5.92 Å². The Labute approximate surface area is 112 Å². The lowest BCUT2D eigenvalue weighted by Gasteiger charge is -2.34. The number of ether oxygens (including phenoxy) is 1. The van der Waals surface area contributed by atoms with E-state index in [0.29, 0.717) is 24.1 Å². The minimum atomic E-state index is -0.369. The standard InChI is InChI=1S/C15H18FNO2/c1-10-7-11-5-6-17(9-14(11)19-10)15(18)12-3-2-4-13(16)8-12/h2-4,8,10-11,14H,5-7,9H2,1H3/t10-,11-,14+/m1/s1. The molecule has 0 radical (unpaired) electrons. The van der Waals surface area contributed by atoms with Crippen molar-refractivity contribution < 1.29 is 13.9 Å². The van der Waals surface area contributed by atoms with Gasteiger partial charge < -0.3 is 9.64 Å². The zero-order valence-electron chi connectivity index (χ0n) is 11.0. The zero-order valence-corrected chi connectivity index (χ0v) is 11.0. The molecule has 2 fully saturated rings. The molecule has 2 aliphatic rings. The van der Waals surface area contributed by atoms with Gasteiger partial charge in [-0.25, -0.2) is 4.39 Å². The Hall–Kier alpha value is -1.42. The number of amides is 1. The van der Waals surface area contributed by atoms with Crippen LogP contribution in [-0.4, -0.2) is 36.1 Å². The van der Waals surface area contributed by atoms with E-state index < -0.39 is 0 Å². The molecule has 0 N–H and O–H groups in total. The van der Waals surface area contributed by atoms with E-state index in [4.69, 9.17) is 4.74 Å². The second-order valence-electron chi connectivity index (χ2n) is 5.53. The summed E-state index contributed by atoms with van der Waals surface area (Å²) in [6.45, 7) is 3.45. The molecule has 19 heavy (non-hydrogen) atoms. The number of fused-ring (bicyclic) bond motifs is 1. The van der Waals surface area contributed by atoms with E-state index in [2.05, 4.69) is 6.92 Å². The summed E-state index contributed by atoms with van der Waals surface area (Å²) in [5.74, 6) is 0.110. The van der Waals surface area contributed by atoms with Gasteiger partial charge in [0, 0.05) is 18.7 Å². The minimum Gasteiger partial charge on any atom is -0.373 e. The van der Waals surface area contributed by atoms with Crippen LogP contribution in [0.1, 0.15) is 30.1 Å². The van der Waals surface area contributed by atoms with Gasteiger partial charge in [-0.2, -0.15) is 0 Å². The van der Waals surface area contributed by atoms with Crippen LogP contribution in [0.3, 0.4) is 0 Å². The van der Waals surface area contributed by atoms with Crippen LogP contribution in [0, 0.1) is 11.7 Å². The number of carbonyl (C=O) groups is 1. The molecule has 2 heterocycles. The van der Waals surface area contributed by atoms with Crippen molar-refractivity contribution in [3.8, 4) is 0 Å². The second-order valence-corrected chi connectivity index (χ2v) is 5.53. The second kappa shape index (κ2) is 4.93. The number of hydrogen-bond acceptors (Lipinski definition) is 2. The van der Waals surface area contributed by atoms with Crippen LogP contribution in [0.15, 0.2) is 24.3 Å². The van der Waals surface area contributed by atoms with E-state index >= 15 is 0 Å². The first-order valence-electron chi connectivity index (χ1n) is 6.84. The van der Waals surface area contributed by atoms with Crippen LogP contribution in [0.2, 0.25) is 0 Å². The quantitative estimate of drug-likeness (QED) is 0.779. The average Bonchev–Trinajstić information content (AvgIpc) is 2.76.